The van der Waals surface area contributed by atoms with Crippen molar-refractivity contribution in [1.29, 1.82) is 0 Å². The summed E-state index contributed by atoms with van der Waals surface area (Å²) in [5.41, 5.74) is 4.24. The van der Waals surface area contributed by atoms with Crippen molar-refractivity contribution in [2.75, 3.05) is 0 Å². The van der Waals surface area contributed by atoms with E-state index in [0.717, 1.165) is 11.1 Å². The summed E-state index contributed by atoms with van der Waals surface area (Å²) in [5, 5.41) is 6.84. The molecule has 0 fully saturated rings. The predicted molar refractivity (Wildman–Crippen MR) is 113 cm³/mol. The summed E-state index contributed by atoms with van der Waals surface area (Å²) in [6.07, 6.45) is 6.28. The van der Waals surface area contributed by atoms with Gasteiger partial charge in [0.05, 0.1) is 16.8 Å². The van der Waals surface area contributed by atoms with E-state index in [-0.39, 0.29) is 11.3 Å². The lowest BCUT2D eigenvalue weighted by atomic mass is 10.1. The van der Waals surface area contributed by atoms with E-state index in [0.29, 0.717) is 5.02 Å². The van der Waals surface area contributed by atoms with Gasteiger partial charge >= 0.3 is 0 Å². The SMILES string of the molecule is O=C(N/N=C/c1ccncc1)/C(=C/c1ccccc1)NC(=O)c1ccccc1Cl. The zero-order valence-electron chi connectivity index (χ0n) is 15.2. The van der Waals surface area contributed by atoms with E-state index in [2.05, 4.69) is 20.8 Å². The van der Waals surface area contributed by atoms with Gasteiger partial charge in [-0.15, -0.1) is 0 Å². The molecule has 2 amide bonds. The van der Waals surface area contributed by atoms with Gasteiger partial charge in [-0.2, -0.15) is 5.10 Å². The molecule has 3 aromatic rings. The Morgan fingerprint density at radius 1 is 0.897 bits per heavy atom. The number of nitrogens with zero attached hydrogens (tertiary/aromatic N) is 2. The van der Waals surface area contributed by atoms with Crippen LogP contribution in [0.25, 0.3) is 6.08 Å². The highest BCUT2D eigenvalue weighted by atomic mass is 35.5. The Labute approximate surface area is 172 Å². The summed E-state index contributed by atoms with van der Waals surface area (Å²) in [6.45, 7) is 0. The molecular weight excluding hydrogens is 388 g/mol. The van der Waals surface area contributed by atoms with Gasteiger partial charge in [0.2, 0.25) is 0 Å². The van der Waals surface area contributed by atoms with Gasteiger partial charge in [0.1, 0.15) is 5.70 Å². The molecular formula is C22H17ClN4O2. The number of amides is 2. The van der Waals surface area contributed by atoms with Crippen molar-refractivity contribution in [3.8, 4) is 0 Å². The number of halogens is 1. The molecule has 29 heavy (non-hydrogen) atoms. The molecule has 7 heteroatoms. The molecule has 0 spiro atoms. The van der Waals surface area contributed by atoms with Crippen molar-refractivity contribution in [1.82, 2.24) is 15.7 Å². The molecule has 0 aliphatic carbocycles. The average Bonchev–Trinajstić information content (AvgIpc) is 2.75. The number of rotatable bonds is 6. The number of benzene rings is 2. The normalized spacial score (nSPS) is 11.3. The van der Waals surface area contributed by atoms with Gasteiger partial charge in [-0.1, -0.05) is 54.1 Å². The quantitative estimate of drug-likeness (QED) is 0.373. The third-order valence-corrected chi connectivity index (χ3v) is 4.14. The molecule has 6 nitrogen and oxygen atoms in total. The maximum absolute atomic E-state index is 12.6. The molecule has 0 radical (unpaired) electrons. The fraction of sp³-hybridized carbons (Fsp3) is 0. The minimum atomic E-state index is -0.570. The van der Waals surface area contributed by atoms with E-state index < -0.39 is 11.8 Å². The second-order valence-electron chi connectivity index (χ2n) is 5.88. The minimum Gasteiger partial charge on any atom is -0.317 e. The monoisotopic (exact) mass is 404 g/mol. The van der Waals surface area contributed by atoms with Gasteiger partial charge in [-0.05, 0) is 41.5 Å². The fourth-order valence-electron chi connectivity index (χ4n) is 2.38. The van der Waals surface area contributed by atoms with E-state index in [1.165, 1.54) is 6.21 Å². The fourth-order valence-corrected chi connectivity index (χ4v) is 2.61. The Morgan fingerprint density at radius 3 is 2.31 bits per heavy atom. The molecule has 0 unspecified atom stereocenters. The highest BCUT2D eigenvalue weighted by Crippen LogP contribution is 2.15. The van der Waals surface area contributed by atoms with Crippen molar-refractivity contribution in [2.24, 2.45) is 5.10 Å². The smallest absolute Gasteiger partial charge is 0.287 e. The lowest BCUT2D eigenvalue weighted by Gasteiger charge is -2.10. The number of hydrogen-bond donors (Lipinski definition) is 2. The largest absolute Gasteiger partial charge is 0.317 e. The first kappa shape index (κ1) is 20.0. The first-order valence-corrected chi connectivity index (χ1v) is 9.07. The molecule has 0 bridgehead atoms. The molecule has 0 atom stereocenters. The molecule has 0 aliphatic rings. The molecule has 0 saturated carbocycles. The van der Waals surface area contributed by atoms with Gasteiger partial charge in [0, 0.05) is 12.4 Å². The number of carbonyl (C=O) groups excluding carboxylic acids is 2. The van der Waals surface area contributed by atoms with Crippen molar-refractivity contribution in [3.63, 3.8) is 0 Å². The van der Waals surface area contributed by atoms with E-state index >= 15 is 0 Å². The van der Waals surface area contributed by atoms with E-state index in [1.54, 1.807) is 54.9 Å². The van der Waals surface area contributed by atoms with Crippen molar-refractivity contribution in [3.05, 3.63) is 107 Å². The first-order chi connectivity index (χ1) is 14.1. The summed E-state index contributed by atoms with van der Waals surface area (Å²) >= 11 is 6.08. The summed E-state index contributed by atoms with van der Waals surface area (Å²) in [7, 11) is 0. The number of aromatic nitrogens is 1. The summed E-state index contributed by atoms with van der Waals surface area (Å²) in [5.74, 6) is -1.06. The average molecular weight is 405 g/mol. The summed E-state index contributed by atoms with van der Waals surface area (Å²) < 4.78 is 0. The number of hydrazone groups is 1. The number of pyridine rings is 1. The van der Waals surface area contributed by atoms with Crippen molar-refractivity contribution < 1.29 is 9.59 Å². The Morgan fingerprint density at radius 2 is 1.59 bits per heavy atom. The van der Waals surface area contributed by atoms with Gasteiger partial charge in [-0.3, -0.25) is 14.6 Å². The molecule has 2 aromatic carbocycles. The van der Waals surface area contributed by atoms with Crippen LogP contribution in [0.15, 0.2) is 89.9 Å². The van der Waals surface area contributed by atoms with Gasteiger partial charge < -0.3 is 5.32 Å². The molecule has 0 saturated heterocycles. The highest BCUT2D eigenvalue weighted by molar-refractivity contribution is 6.34. The van der Waals surface area contributed by atoms with Crippen LogP contribution in [0.4, 0.5) is 0 Å². The molecule has 2 N–H and O–H groups in total. The molecule has 1 heterocycles. The highest BCUT2D eigenvalue weighted by Gasteiger charge is 2.16. The zero-order valence-corrected chi connectivity index (χ0v) is 16.0. The molecule has 3 rings (SSSR count). The lowest BCUT2D eigenvalue weighted by Crippen LogP contribution is -2.33. The number of hydrogen-bond acceptors (Lipinski definition) is 4. The van der Waals surface area contributed by atoms with Crippen LogP contribution in [0.3, 0.4) is 0 Å². The van der Waals surface area contributed by atoms with E-state index in [4.69, 9.17) is 11.6 Å². The van der Waals surface area contributed by atoms with Crippen LogP contribution >= 0.6 is 11.6 Å². The van der Waals surface area contributed by atoms with E-state index in [9.17, 15) is 9.59 Å². The molecule has 1 aromatic heterocycles. The zero-order chi connectivity index (χ0) is 20.5. The Hall–Kier alpha value is -3.77. The predicted octanol–water partition coefficient (Wildman–Crippen LogP) is 3.66. The second-order valence-corrected chi connectivity index (χ2v) is 6.29. The van der Waals surface area contributed by atoms with Crippen LogP contribution in [0, 0.1) is 0 Å². The standard InChI is InChI=1S/C22H17ClN4O2/c23-19-9-5-4-8-18(19)21(28)26-20(14-16-6-2-1-3-7-16)22(29)27-25-15-17-10-12-24-13-11-17/h1-15H,(H,26,28)(H,27,29)/b20-14-,25-15+. The van der Waals surface area contributed by atoms with Crippen LogP contribution in [0.1, 0.15) is 21.5 Å². The van der Waals surface area contributed by atoms with Crippen LogP contribution in [0.5, 0.6) is 0 Å². The lowest BCUT2D eigenvalue weighted by molar-refractivity contribution is -0.117. The first-order valence-electron chi connectivity index (χ1n) is 8.69. The maximum Gasteiger partial charge on any atom is 0.287 e. The minimum absolute atomic E-state index is 0.0352. The summed E-state index contributed by atoms with van der Waals surface area (Å²) in [4.78, 5) is 29.2. The second kappa shape index (κ2) is 9.96. The topological polar surface area (TPSA) is 83.4 Å². The van der Waals surface area contributed by atoms with Gasteiger partial charge in [0.15, 0.2) is 0 Å². The van der Waals surface area contributed by atoms with Crippen molar-refractivity contribution >= 4 is 35.7 Å². The maximum atomic E-state index is 12.6. The molecule has 0 aliphatic heterocycles. The van der Waals surface area contributed by atoms with Crippen LogP contribution in [-0.4, -0.2) is 23.0 Å². The third-order valence-electron chi connectivity index (χ3n) is 3.81. The van der Waals surface area contributed by atoms with Crippen LogP contribution in [0.2, 0.25) is 5.02 Å². The summed E-state index contributed by atoms with van der Waals surface area (Å²) in [6, 6.07) is 19.2. The Kier molecular flexibility index (Phi) is 6.86. The third kappa shape index (κ3) is 5.85. The molecule has 144 valence electrons. The van der Waals surface area contributed by atoms with Gasteiger partial charge in [0.25, 0.3) is 11.8 Å². The van der Waals surface area contributed by atoms with E-state index in [1.807, 2.05) is 30.3 Å². The Bertz CT molecular complexity index is 1050. The number of carbonyl (C=O) groups is 2. The Balaban J connectivity index is 1.80. The van der Waals surface area contributed by atoms with Crippen LogP contribution in [-0.2, 0) is 4.79 Å². The van der Waals surface area contributed by atoms with Crippen LogP contribution < -0.4 is 10.7 Å². The van der Waals surface area contributed by atoms with Crippen molar-refractivity contribution in [2.45, 2.75) is 0 Å². The van der Waals surface area contributed by atoms with Gasteiger partial charge in [-0.25, -0.2) is 5.43 Å². The number of nitrogens with one attached hydrogen (secondary N) is 2.